The van der Waals surface area contributed by atoms with Crippen LogP contribution in [-0.2, 0) is 13.0 Å². The number of fused-ring (bicyclic) bond motifs is 1. The summed E-state index contributed by atoms with van der Waals surface area (Å²) in [5.74, 6) is 2.09. The standard InChI is InChI=1S/C25H31NO2.ClH/c1-18-14-22-15-21(25(27)23(22)16-24(18)28-2)9-8-19-10-12-26(13-11-19)17-20-6-4-3-5-7-20;/h3-7,14,16,19,21H,8-13,15,17H2,1-2H3;1H. The van der Waals surface area contributed by atoms with Gasteiger partial charge in [-0.15, -0.1) is 12.4 Å². The molecule has 4 heteroatoms. The van der Waals surface area contributed by atoms with Crippen molar-refractivity contribution in [3.05, 3.63) is 64.7 Å². The lowest BCUT2D eigenvalue weighted by atomic mass is 9.87. The van der Waals surface area contributed by atoms with Crippen molar-refractivity contribution in [3.63, 3.8) is 0 Å². The molecular formula is C25H32ClNO2. The van der Waals surface area contributed by atoms with Gasteiger partial charge < -0.3 is 4.74 Å². The third-order valence-electron chi connectivity index (χ3n) is 6.60. The Morgan fingerprint density at radius 2 is 1.79 bits per heavy atom. The second kappa shape index (κ2) is 9.77. The van der Waals surface area contributed by atoms with E-state index < -0.39 is 0 Å². The number of ether oxygens (including phenoxy) is 1. The molecule has 156 valence electrons. The Morgan fingerprint density at radius 3 is 2.48 bits per heavy atom. The molecule has 1 atom stereocenters. The van der Waals surface area contributed by atoms with E-state index in [1.165, 1.54) is 43.5 Å². The first-order chi connectivity index (χ1) is 13.6. The minimum atomic E-state index is 0. The van der Waals surface area contributed by atoms with Crippen LogP contribution in [0.4, 0.5) is 0 Å². The molecule has 0 aromatic heterocycles. The summed E-state index contributed by atoms with van der Waals surface area (Å²) in [4.78, 5) is 15.4. The van der Waals surface area contributed by atoms with Crippen molar-refractivity contribution in [2.75, 3.05) is 20.2 Å². The number of hydrogen-bond donors (Lipinski definition) is 0. The van der Waals surface area contributed by atoms with Gasteiger partial charge in [0.15, 0.2) is 5.78 Å². The Kier molecular flexibility index (Phi) is 7.37. The lowest BCUT2D eigenvalue weighted by Gasteiger charge is -2.32. The first-order valence-corrected chi connectivity index (χ1v) is 10.6. The summed E-state index contributed by atoms with van der Waals surface area (Å²) < 4.78 is 5.40. The molecule has 1 unspecified atom stereocenters. The van der Waals surface area contributed by atoms with Crippen molar-refractivity contribution in [3.8, 4) is 5.75 Å². The van der Waals surface area contributed by atoms with Gasteiger partial charge in [-0.05, 0) is 80.8 Å². The number of nitrogens with zero attached hydrogens (tertiary/aromatic N) is 1. The summed E-state index contributed by atoms with van der Waals surface area (Å²) in [6, 6.07) is 14.9. The van der Waals surface area contributed by atoms with Crippen molar-refractivity contribution in [1.29, 1.82) is 0 Å². The number of hydrogen-bond acceptors (Lipinski definition) is 3. The highest BCUT2D eigenvalue weighted by atomic mass is 35.5. The van der Waals surface area contributed by atoms with E-state index in [1.54, 1.807) is 7.11 Å². The van der Waals surface area contributed by atoms with Gasteiger partial charge in [0.1, 0.15) is 5.75 Å². The van der Waals surface area contributed by atoms with Crippen molar-refractivity contribution in [2.24, 2.45) is 11.8 Å². The van der Waals surface area contributed by atoms with Crippen LogP contribution in [0.3, 0.4) is 0 Å². The quantitative estimate of drug-likeness (QED) is 0.628. The van der Waals surface area contributed by atoms with Gasteiger partial charge in [-0.25, -0.2) is 0 Å². The van der Waals surface area contributed by atoms with Gasteiger partial charge in [-0.3, -0.25) is 9.69 Å². The summed E-state index contributed by atoms with van der Waals surface area (Å²) in [7, 11) is 1.68. The van der Waals surface area contributed by atoms with E-state index in [0.717, 1.165) is 42.2 Å². The van der Waals surface area contributed by atoms with Crippen LogP contribution in [0.2, 0.25) is 0 Å². The fourth-order valence-corrected chi connectivity index (χ4v) is 4.89. The van der Waals surface area contributed by atoms with Gasteiger partial charge in [-0.1, -0.05) is 36.4 Å². The van der Waals surface area contributed by atoms with Gasteiger partial charge in [0.2, 0.25) is 0 Å². The fraction of sp³-hybridized carbons (Fsp3) is 0.480. The van der Waals surface area contributed by atoms with Crippen LogP contribution < -0.4 is 4.74 Å². The zero-order chi connectivity index (χ0) is 19.5. The third kappa shape index (κ3) is 5.02. The molecule has 2 aromatic carbocycles. The monoisotopic (exact) mass is 413 g/mol. The van der Waals surface area contributed by atoms with Crippen molar-refractivity contribution >= 4 is 18.2 Å². The lowest BCUT2D eigenvalue weighted by Crippen LogP contribution is -2.33. The molecule has 0 N–H and O–H groups in total. The summed E-state index contributed by atoms with van der Waals surface area (Å²) in [5, 5.41) is 0. The summed E-state index contributed by atoms with van der Waals surface area (Å²) in [6.45, 7) is 5.47. The van der Waals surface area contributed by atoms with Gasteiger partial charge in [0.05, 0.1) is 7.11 Å². The smallest absolute Gasteiger partial charge is 0.166 e. The third-order valence-corrected chi connectivity index (χ3v) is 6.60. The number of benzene rings is 2. The molecule has 1 fully saturated rings. The molecule has 0 radical (unpaired) electrons. The molecule has 29 heavy (non-hydrogen) atoms. The van der Waals surface area contributed by atoms with E-state index in [9.17, 15) is 4.79 Å². The zero-order valence-electron chi connectivity index (χ0n) is 17.5. The van der Waals surface area contributed by atoms with Gasteiger partial charge >= 0.3 is 0 Å². The average Bonchev–Trinajstić information content (AvgIpc) is 3.02. The van der Waals surface area contributed by atoms with Gasteiger partial charge in [-0.2, -0.15) is 0 Å². The van der Waals surface area contributed by atoms with Crippen molar-refractivity contribution in [1.82, 2.24) is 4.90 Å². The molecule has 1 aliphatic carbocycles. The van der Waals surface area contributed by atoms with E-state index in [1.807, 2.05) is 6.07 Å². The predicted molar refractivity (Wildman–Crippen MR) is 120 cm³/mol. The molecule has 3 nitrogen and oxygen atoms in total. The van der Waals surface area contributed by atoms with Gasteiger partial charge in [0.25, 0.3) is 0 Å². The molecule has 0 saturated carbocycles. The molecular weight excluding hydrogens is 382 g/mol. The number of piperidine rings is 1. The molecule has 2 aromatic rings. The number of rotatable bonds is 6. The first kappa shape index (κ1) is 21.9. The summed E-state index contributed by atoms with van der Waals surface area (Å²) in [5.41, 5.74) is 4.64. The van der Waals surface area contributed by atoms with E-state index in [0.29, 0.717) is 5.78 Å². The second-order valence-electron chi connectivity index (χ2n) is 8.53. The fourth-order valence-electron chi connectivity index (χ4n) is 4.89. The number of Topliss-reactive ketones (excluding diaryl/α,β-unsaturated/α-hetero) is 1. The predicted octanol–water partition coefficient (Wildman–Crippen LogP) is 5.47. The summed E-state index contributed by atoms with van der Waals surface area (Å²) >= 11 is 0. The van der Waals surface area contributed by atoms with Crippen LogP contribution in [0.1, 0.15) is 52.7 Å². The number of ketones is 1. The second-order valence-corrected chi connectivity index (χ2v) is 8.53. The highest BCUT2D eigenvalue weighted by Crippen LogP contribution is 2.35. The Labute approximate surface area is 180 Å². The van der Waals surface area contributed by atoms with Crippen molar-refractivity contribution in [2.45, 2.75) is 45.6 Å². The largest absolute Gasteiger partial charge is 0.496 e. The Hall–Kier alpha value is -1.84. The van der Waals surface area contributed by atoms with Crippen LogP contribution in [0.15, 0.2) is 42.5 Å². The number of carbonyl (C=O) groups excluding carboxylic acids is 1. The first-order valence-electron chi connectivity index (χ1n) is 10.6. The zero-order valence-corrected chi connectivity index (χ0v) is 18.3. The highest BCUT2D eigenvalue weighted by molar-refractivity contribution is 6.02. The molecule has 1 saturated heterocycles. The normalized spacial score (nSPS) is 19.7. The lowest BCUT2D eigenvalue weighted by molar-refractivity contribution is 0.0919. The van der Waals surface area contributed by atoms with Crippen LogP contribution >= 0.6 is 12.4 Å². The minimum absolute atomic E-state index is 0. The van der Waals surface area contributed by atoms with E-state index in [4.69, 9.17) is 4.74 Å². The molecule has 4 rings (SSSR count). The average molecular weight is 414 g/mol. The van der Waals surface area contributed by atoms with Crippen LogP contribution in [0.5, 0.6) is 5.75 Å². The Morgan fingerprint density at radius 1 is 1.07 bits per heavy atom. The Bertz CT molecular complexity index is 828. The molecule has 0 spiro atoms. The van der Waals surface area contributed by atoms with Crippen LogP contribution in [0.25, 0.3) is 0 Å². The minimum Gasteiger partial charge on any atom is -0.496 e. The van der Waals surface area contributed by atoms with Crippen molar-refractivity contribution < 1.29 is 9.53 Å². The SMILES string of the molecule is COc1cc2c(cc1C)CC(CCC1CCN(Cc3ccccc3)CC1)C2=O.Cl. The summed E-state index contributed by atoms with van der Waals surface area (Å²) in [6.07, 6.45) is 5.63. The number of halogens is 1. The maximum Gasteiger partial charge on any atom is 0.166 e. The molecule has 1 aliphatic heterocycles. The molecule has 1 heterocycles. The van der Waals surface area contributed by atoms with E-state index >= 15 is 0 Å². The maximum absolute atomic E-state index is 12.8. The number of aryl methyl sites for hydroxylation is 1. The molecule has 0 amide bonds. The number of likely N-dealkylation sites (tertiary alicyclic amines) is 1. The highest BCUT2D eigenvalue weighted by Gasteiger charge is 2.32. The Balaban J connectivity index is 0.00000240. The van der Waals surface area contributed by atoms with E-state index in [2.05, 4.69) is 48.2 Å². The molecule has 2 aliphatic rings. The number of methoxy groups -OCH3 is 1. The molecule has 0 bridgehead atoms. The number of carbonyl (C=O) groups is 1. The van der Waals surface area contributed by atoms with Crippen LogP contribution in [-0.4, -0.2) is 30.9 Å². The van der Waals surface area contributed by atoms with Gasteiger partial charge in [0, 0.05) is 18.0 Å². The topological polar surface area (TPSA) is 29.5 Å². The van der Waals surface area contributed by atoms with E-state index in [-0.39, 0.29) is 18.3 Å². The van der Waals surface area contributed by atoms with Crippen LogP contribution in [0, 0.1) is 18.8 Å². The maximum atomic E-state index is 12.8.